The Hall–Kier alpha value is -5.52. The van der Waals surface area contributed by atoms with Crippen molar-refractivity contribution in [2.45, 2.75) is 25.8 Å². The number of fused-ring (bicyclic) bond motifs is 1. The number of rotatable bonds is 14. The van der Waals surface area contributed by atoms with Crippen molar-refractivity contribution < 1.29 is 33.3 Å². The molecular weight excluding hydrogens is 580 g/mol. The topological polar surface area (TPSA) is 157 Å². The molecule has 4 N–H and O–H groups in total. The number of methoxy groups -OCH3 is 2. The number of carbonyl (C=O) groups excluding carboxylic acids is 3. The van der Waals surface area contributed by atoms with Gasteiger partial charge in [-0.2, -0.15) is 0 Å². The van der Waals surface area contributed by atoms with Crippen LogP contribution in [0.25, 0.3) is 10.8 Å². The number of H-pyrrole nitrogens is 1. The van der Waals surface area contributed by atoms with Crippen LogP contribution in [0.4, 0.5) is 16.2 Å². The lowest BCUT2D eigenvalue weighted by Crippen LogP contribution is -2.34. The first-order chi connectivity index (χ1) is 21.8. The molecule has 0 saturated carbocycles. The van der Waals surface area contributed by atoms with Crippen molar-refractivity contribution in [2.75, 3.05) is 44.6 Å². The van der Waals surface area contributed by atoms with Crippen molar-refractivity contribution in [2.24, 2.45) is 0 Å². The number of esters is 1. The zero-order chi connectivity index (χ0) is 32.2. The third kappa shape index (κ3) is 8.99. The summed E-state index contributed by atoms with van der Waals surface area (Å²) in [7, 11) is 3.11. The lowest BCUT2D eigenvalue weighted by molar-refractivity contribution is -0.143. The first-order valence-corrected chi connectivity index (χ1v) is 14.3. The van der Waals surface area contributed by atoms with Crippen LogP contribution in [0.3, 0.4) is 0 Å². The van der Waals surface area contributed by atoms with Crippen molar-refractivity contribution in [3.8, 4) is 11.5 Å². The number of benzene rings is 3. The summed E-state index contributed by atoms with van der Waals surface area (Å²) in [5.74, 6) is 0.372. The molecule has 1 atom stereocenters. The number of nitrogens with one attached hydrogen (secondary N) is 4. The van der Waals surface area contributed by atoms with Crippen LogP contribution < -0.4 is 31.0 Å². The van der Waals surface area contributed by atoms with Crippen LogP contribution in [0.5, 0.6) is 11.5 Å². The minimum atomic E-state index is -0.742. The van der Waals surface area contributed by atoms with Crippen LogP contribution in [-0.2, 0) is 25.5 Å². The van der Waals surface area contributed by atoms with Crippen molar-refractivity contribution in [3.63, 3.8) is 0 Å². The summed E-state index contributed by atoms with van der Waals surface area (Å²) in [5.41, 5.74) is 2.12. The predicted molar refractivity (Wildman–Crippen MR) is 170 cm³/mol. The van der Waals surface area contributed by atoms with E-state index in [0.717, 1.165) is 10.9 Å². The Morgan fingerprint density at radius 1 is 0.889 bits per heavy atom. The van der Waals surface area contributed by atoms with Gasteiger partial charge in [-0.05, 0) is 60.3 Å². The minimum Gasteiger partial charge on any atom is -0.496 e. The zero-order valence-electron chi connectivity index (χ0n) is 25.3. The van der Waals surface area contributed by atoms with Crippen molar-refractivity contribution >= 4 is 40.1 Å². The molecule has 12 nitrogen and oxygen atoms in total. The number of amides is 2. The average molecular weight is 617 g/mol. The number of carbonyl (C=O) groups is 3. The van der Waals surface area contributed by atoms with E-state index in [4.69, 9.17) is 18.9 Å². The highest BCUT2D eigenvalue weighted by Gasteiger charge is 2.20. The van der Waals surface area contributed by atoms with Gasteiger partial charge < -0.3 is 34.6 Å². The third-order valence-corrected chi connectivity index (χ3v) is 6.89. The van der Waals surface area contributed by atoms with E-state index in [1.165, 1.54) is 0 Å². The van der Waals surface area contributed by atoms with Gasteiger partial charge >= 0.3 is 12.1 Å². The molecule has 4 rings (SSSR count). The molecule has 4 aromatic rings. The van der Waals surface area contributed by atoms with Gasteiger partial charge in [0.05, 0.1) is 46.4 Å². The van der Waals surface area contributed by atoms with Gasteiger partial charge in [-0.3, -0.25) is 19.7 Å². The molecule has 2 amide bonds. The van der Waals surface area contributed by atoms with Crippen LogP contribution in [0.2, 0.25) is 0 Å². The fourth-order valence-electron chi connectivity index (χ4n) is 4.77. The normalized spacial score (nSPS) is 11.3. The molecule has 1 aromatic heterocycles. The van der Waals surface area contributed by atoms with E-state index in [2.05, 4.69) is 20.9 Å². The van der Waals surface area contributed by atoms with Gasteiger partial charge in [0.15, 0.2) is 0 Å². The van der Waals surface area contributed by atoms with Gasteiger partial charge in [0.2, 0.25) is 5.91 Å². The molecule has 0 spiro atoms. The van der Waals surface area contributed by atoms with E-state index in [-0.39, 0.29) is 31.7 Å². The summed E-state index contributed by atoms with van der Waals surface area (Å²) in [6.45, 7) is 1.85. The maximum atomic E-state index is 13.0. The van der Waals surface area contributed by atoms with Crippen LogP contribution in [0.15, 0.2) is 77.7 Å². The summed E-state index contributed by atoms with van der Waals surface area (Å²) >= 11 is 0. The van der Waals surface area contributed by atoms with Crippen LogP contribution in [0, 0.1) is 0 Å². The van der Waals surface area contributed by atoms with Crippen molar-refractivity contribution in [1.29, 1.82) is 0 Å². The monoisotopic (exact) mass is 616 g/mol. The Kier molecular flexibility index (Phi) is 11.4. The van der Waals surface area contributed by atoms with E-state index < -0.39 is 24.0 Å². The number of hydrogen-bond acceptors (Lipinski definition) is 9. The van der Waals surface area contributed by atoms with Gasteiger partial charge in [-0.25, -0.2) is 4.79 Å². The first kappa shape index (κ1) is 32.4. The standard InChI is InChI=1S/C33H36N4O8/c1-4-44-31(39)19-27(37-30(38)20-35-23-12-11-21-13-15-34-32(40)26(21)18-23)22-7-5-8-24(17-22)36-33(41)45-16-14-25-28(42-2)9-6-10-29(25)43-3/h5-13,15,17-18,27,35H,4,14,16,19-20H2,1-3H3,(H,34,40)(H,36,41)(H,37,38)/t27-/m1/s1. The number of pyridine rings is 1. The Morgan fingerprint density at radius 3 is 2.38 bits per heavy atom. The van der Waals surface area contributed by atoms with Crippen molar-refractivity contribution in [3.05, 3.63) is 94.4 Å². The molecule has 0 unspecified atom stereocenters. The predicted octanol–water partition coefficient (Wildman–Crippen LogP) is 4.56. The molecule has 0 fully saturated rings. The number of aromatic nitrogens is 1. The van der Waals surface area contributed by atoms with Gasteiger partial charge in [0.1, 0.15) is 11.5 Å². The number of ether oxygens (including phenoxy) is 4. The second kappa shape index (κ2) is 15.8. The Balaban J connectivity index is 1.39. The van der Waals surface area contributed by atoms with E-state index in [9.17, 15) is 19.2 Å². The molecule has 0 aliphatic rings. The van der Waals surface area contributed by atoms with E-state index in [0.29, 0.717) is 40.2 Å². The van der Waals surface area contributed by atoms with E-state index in [1.807, 2.05) is 6.07 Å². The highest BCUT2D eigenvalue weighted by molar-refractivity contribution is 5.87. The zero-order valence-corrected chi connectivity index (χ0v) is 25.3. The number of hydrogen-bond donors (Lipinski definition) is 4. The molecule has 3 aromatic carbocycles. The number of anilines is 2. The van der Waals surface area contributed by atoms with Crippen LogP contribution >= 0.6 is 0 Å². The Morgan fingerprint density at radius 2 is 1.64 bits per heavy atom. The molecule has 0 bridgehead atoms. The molecule has 0 saturated heterocycles. The van der Waals surface area contributed by atoms with Gasteiger partial charge in [-0.15, -0.1) is 0 Å². The SMILES string of the molecule is CCOC(=O)C[C@@H](NC(=O)CNc1ccc2cc[nH]c(=O)c2c1)c1cccc(NC(=O)OCCc2c(OC)cccc2OC)c1. The molecule has 236 valence electrons. The summed E-state index contributed by atoms with van der Waals surface area (Å²) in [6.07, 6.45) is 1.15. The van der Waals surface area contributed by atoms with Crippen molar-refractivity contribution in [1.82, 2.24) is 10.3 Å². The summed E-state index contributed by atoms with van der Waals surface area (Å²) < 4.78 is 21.3. The maximum Gasteiger partial charge on any atom is 0.411 e. The maximum absolute atomic E-state index is 13.0. The molecule has 12 heteroatoms. The minimum absolute atomic E-state index is 0.0718. The summed E-state index contributed by atoms with van der Waals surface area (Å²) in [5, 5.41) is 9.82. The number of aromatic amines is 1. The van der Waals surface area contributed by atoms with E-state index >= 15 is 0 Å². The fourth-order valence-corrected chi connectivity index (χ4v) is 4.77. The Bertz CT molecular complexity index is 1680. The third-order valence-electron chi connectivity index (χ3n) is 6.89. The molecule has 1 heterocycles. The first-order valence-electron chi connectivity index (χ1n) is 14.3. The lowest BCUT2D eigenvalue weighted by Gasteiger charge is -2.20. The highest BCUT2D eigenvalue weighted by Crippen LogP contribution is 2.29. The highest BCUT2D eigenvalue weighted by atomic mass is 16.5. The fraction of sp³-hybridized carbons (Fsp3) is 0.273. The second-order valence-corrected chi connectivity index (χ2v) is 9.87. The summed E-state index contributed by atoms with van der Waals surface area (Å²) in [4.78, 5) is 52.7. The summed E-state index contributed by atoms with van der Waals surface area (Å²) in [6, 6.07) is 18.4. The largest absolute Gasteiger partial charge is 0.496 e. The molecule has 0 radical (unpaired) electrons. The van der Waals surface area contributed by atoms with Gasteiger partial charge in [0.25, 0.3) is 5.56 Å². The molecular formula is C33H36N4O8. The Labute approximate surface area is 260 Å². The molecule has 0 aliphatic heterocycles. The van der Waals surface area contributed by atoms with Crippen LogP contribution in [-0.4, -0.2) is 56.9 Å². The van der Waals surface area contributed by atoms with E-state index in [1.54, 1.807) is 88.0 Å². The van der Waals surface area contributed by atoms with Crippen LogP contribution in [0.1, 0.15) is 30.5 Å². The molecule has 45 heavy (non-hydrogen) atoms. The average Bonchev–Trinajstić information content (AvgIpc) is 3.04. The lowest BCUT2D eigenvalue weighted by atomic mass is 10.0. The molecule has 0 aliphatic carbocycles. The van der Waals surface area contributed by atoms with Gasteiger partial charge in [0, 0.05) is 34.9 Å². The second-order valence-electron chi connectivity index (χ2n) is 9.87. The van der Waals surface area contributed by atoms with Gasteiger partial charge in [-0.1, -0.05) is 24.3 Å². The smallest absolute Gasteiger partial charge is 0.411 e. The quantitative estimate of drug-likeness (QED) is 0.149.